The van der Waals surface area contributed by atoms with E-state index in [9.17, 15) is 14.0 Å². The van der Waals surface area contributed by atoms with E-state index in [1.54, 1.807) is 6.07 Å². The van der Waals surface area contributed by atoms with Crippen LogP contribution in [0.3, 0.4) is 0 Å². The molecule has 3 nitrogen and oxygen atoms in total. The van der Waals surface area contributed by atoms with Crippen molar-refractivity contribution >= 4 is 17.8 Å². The van der Waals surface area contributed by atoms with E-state index in [1.165, 1.54) is 12.1 Å². The number of aryl methyl sites for hydroxylation is 1. The highest BCUT2D eigenvalue weighted by atomic mass is 19.1. The number of unbranched alkanes of at least 4 members (excludes halogenated alkanes) is 3. The minimum absolute atomic E-state index is 0.0801. The lowest BCUT2D eigenvalue weighted by atomic mass is 9.89. The van der Waals surface area contributed by atoms with Gasteiger partial charge in [-0.2, -0.15) is 0 Å². The molecule has 0 radical (unpaired) electrons. The zero-order valence-corrected chi connectivity index (χ0v) is 14.8. The second kappa shape index (κ2) is 9.50. The molecule has 2 rings (SSSR count). The molecule has 0 bridgehead atoms. The van der Waals surface area contributed by atoms with Gasteiger partial charge in [0.25, 0.3) is 0 Å². The summed E-state index contributed by atoms with van der Waals surface area (Å²) in [4.78, 5) is 22.6. The van der Waals surface area contributed by atoms with Crippen LogP contribution in [0.5, 0.6) is 0 Å². The third-order valence-corrected chi connectivity index (χ3v) is 5.07. The molecule has 4 heteroatoms. The van der Waals surface area contributed by atoms with Gasteiger partial charge in [-0.05, 0) is 55.4 Å². The molecular formula is C21H27FO3. The summed E-state index contributed by atoms with van der Waals surface area (Å²) in [6.07, 6.45) is 10.3. The minimum Gasteiger partial charge on any atom is -0.481 e. The third-order valence-electron chi connectivity index (χ3n) is 5.07. The highest BCUT2D eigenvalue weighted by molar-refractivity contribution is 5.84. The molecular weight excluding hydrogens is 319 g/mol. The van der Waals surface area contributed by atoms with Crippen LogP contribution in [0.1, 0.15) is 62.5 Å². The summed E-state index contributed by atoms with van der Waals surface area (Å²) in [5, 5.41) is 8.63. The van der Waals surface area contributed by atoms with Crippen LogP contribution in [-0.4, -0.2) is 16.9 Å². The van der Waals surface area contributed by atoms with Crippen LogP contribution in [0, 0.1) is 24.6 Å². The van der Waals surface area contributed by atoms with Crippen molar-refractivity contribution in [2.24, 2.45) is 11.8 Å². The minimum atomic E-state index is -0.743. The first kappa shape index (κ1) is 19.4. The SMILES string of the molecule is Cc1cc(F)ccc1/C=C/C1CCC(=O)C1CCCCCCC(=O)O. The number of hydrogen-bond donors (Lipinski definition) is 1. The molecule has 1 saturated carbocycles. The van der Waals surface area contributed by atoms with Crippen molar-refractivity contribution in [2.75, 3.05) is 0 Å². The molecule has 1 fully saturated rings. The lowest BCUT2D eigenvalue weighted by Gasteiger charge is -2.15. The Bertz CT molecular complexity index is 636. The zero-order valence-electron chi connectivity index (χ0n) is 14.8. The number of carboxylic acid groups (broad SMARTS) is 1. The maximum Gasteiger partial charge on any atom is 0.303 e. The first-order chi connectivity index (χ1) is 12.0. The van der Waals surface area contributed by atoms with Crippen molar-refractivity contribution in [3.05, 3.63) is 41.2 Å². The predicted octanol–water partition coefficient (Wildman–Crippen LogP) is 5.17. The van der Waals surface area contributed by atoms with Crippen molar-refractivity contribution < 1.29 is 19.1 Å². The molecule has 0 aliphatic heterocycles. The molecule has 1 N–H and O–H groups in total. The number of rotatable bonds is 9. The van der Waals surface area contributed by atoms with Crippen molar-refractivity contribution in [2.45, 2.75) is 58.3 Å². The number of carboxylic acids is 1. The molecule has 2 unspecified atom stereocenters. The van der Waals surface area contributed by atoms with Crippen LogP contribution < -0.4 is 0 Å². The van der Waals surface area contributed by atoms with Gasteiger partial charge in [0, 0.05) is 18.8 Å². The Kier molecular flexibility index (Phi) is 7.35. The Morgan fingerprint density at radius 1 is 1.28 bits per heavy atom. The highest BCUT2D eigenvalue weighted by Gasteiger charge is 2.32. The van der Waals surface area contributed by atoms with Crippen LogP contribution in [0.4, 0.5) is 4.39 Å². The summed E-state index contributed by atoms with van der Waals surface area (Å²) in [6, 6.07) is 4.75. The van der Waals surface area contributed by atoms with Gasteiger partial charge >= 0.3 is 5.97 Å². The van der Waals surface area contributed by atoms with E-state index in [0.717, 1.165) is 43.2 Å². The first-order valence-electron chi connectivity index (χ1n) is 9.16. The van der Waals surface area contributed by atoms with Gasteiger partial charge in [-0.3, -0.25) is 9.59 Å². The van der Waals surface area contributed by atoms with Crippen LogP contribution in [0.15, 0.2) is 24.3 Å². The molecule has 136 valence electrons. The molecule has 0 amide bonds. The van der Waals surface area contributed by atoms with Gasteiger partial charge in [0.15, 0.2) is 0 Å². The fourth-order valence-corrected chi connectivity index (χ4v) is 3.59. The fraction of sp³-hybridized carbons (Fsp3) is 0.524. The number of allylic oxidation sites excluding steroid dienone is 1. The van der Waals surface area contributed by atoms with Crippen molar-refractivity contribution in [1.29, 1.82) is 0 Å². The van der Waals surface area contributed by atoms with Crippen molar-refractivity contribution in [3.8, 4) is 0 Å². The number of carbonyl (C=O) groups excluding carboxylic acids is 1. The van der Waals surface area contributed by atoms with E-state index in [-0.39, 0.29) is 24.1 Å². The van der Waals surface area contributed by atoms with Crippen LogP contribution in [0.2, 0.25) is 0 Å². The zero-order chi connectivity index (χ0) is 18.2. The summed E-state index contributed by atoms with van der Waals surface area (Å²) in [5.74, 6) is -0.290. The van der Waals surface area contributed by atoms with Crippen LogP contribution in [-0.2, 0) is 9.59 Å². The van der Waals surface area contributed by atoms with Gasteiger partial charge < -0.3 is 5.11 Å². The van der Waals surface area contributed by atoms with Gasteiger partial charge in [-0.1, -0.05) is 37.5 Å². The van der Waals surface area contributed by atoms with E-state index in [1.807, 2.05) is 13.0 Å². The molecule has 0 saturated heterocycles. The number of halogens is 1. The van der Waals surface area contributed by atoms with Gasteiger partial charge in [0.1, 0.15) is 11.6 Å². The number of carbonyl (C=O) groups is 2. The smallest absolute Gasteiger partial charge is 0.303 e. The average molecular weight is 346 g/mol. The molecule has 0 spiro atoms. The van der Waals surface area contributed by atoms with Gasteiger partial charge in [-0.15, -0.1) is 0 Å². The molecule has 1 aromatic rings. The second-order valence-electron chi connectivity index (χ2n) is 6.98. The summed E-state index contributed by atoms with van der Waals surface area (Å²) in [7, 11) is 0. The van der Waals surface area contributed by atoms with E-state index >= 15 is 0 Å². The summed E-state index contributed by atoms with van der Waals surface area (Å²) < 4.78 is 13.2. The summed E-state index contributed by atoms with van der Waals surface area (Å²) >= 11 is 0. The molecule has 1 aromatic carbocycles. The van der Waals surface area contributed by atoms with E-state index in [4.69, 9.17) is 5.11 Å². The standard InChI is InChI=1S/C21H27FO3/c1-15-14-18(22)12-10-16(15)8-9-17-11-13-20(23)19(17)6-4-2-3-5-7-21(24)25/h8-10,12,14,17,19H,2-7,11,13H2,1H3,(H,24,25)/b9-8+. The van der Waals surface area contributed by atoms with Crippen molar-refractivity contribution in [3.63, 3.8) is 0 Å². The highest BCUT2D eigenvalue weighted by Crippen LogP contribution is 2.34. The molecule has 2 atom stereocenters. The Morgan fingerprint density at radius 3 is 2.76 bits per heavy atom. The number of hydrogen-bond acceptors (Lipinski definition) is 2. The predicted molar refractivity (Wildman–Crippen MR) is 96.7 cm³/mol. The van der Waals surface area contributed by atoms with Crippen molar-refractivity contribution in [1.82, 2.24) is 0 Å². The molecule has 0 aromatic heterocycles. The fourth-order valence-electron chi connectivity index (χ4n) is 3.59. The monoisotopic (exact) mass is 346 g/mol. The van der Waals surface area contributed by atoms with E-state index in [2.05, 4.69) is 6.08 Å². The van der Waals surface area contributed by atoms with E-state index in [0.29, 0.717) is 18.6 Å². The quantitative estimate of drug-likeness (QED) is 0.628. The summed E-state index contributed by atoms with van der Waals surface area (Å²) in [6.45, 7) is 1.89. The van der Waals surface area contributed by atoms with Crippen LogP contribution in [0.25, 0.3) is 6.08 Å². The van der Waals surface area contributed by atoms with E-state index < -0.39 is 5.97 Å². The Balaban J connectivity index is 1.84. The second-order valence-corrected chi connectivity index (χ2v) is 6.98. The Labute approximate surface area is 148 Å². The Morgan fingerprint density at radius 2 is 2.04 bits per heavy atom. The maximum atomic E-state index is 13.2. The lowest BCUT2D eigenvalue weighted by Crippen LogP contribution is -2.13. The summed E-state index contributed by atoms with van der Waals surface area (Å²) in [5.41, 5.74) is 1.89. The normalized spacial score (nSPS) is 20.5. The van der Waals surface area contributed by atoms with Gasteiger partial charge in [0.2, 0.25) is 0 Å². The molecule has 25 heavy (non-hydrogen) atoms. The Hall–Kier alpha value is -1.97. The number of ketones is 1. The number of aliphatic carboxylic acids is 1. The molecule has 1 aliphatic carbocycles. The number of benzene rings is 1. The molecule has 1 aliphatic rings. The first-order valence-corrected chi connectivity index (χ1v) is 9.16. The largest absolute Gasteiger partial charge is 0.481 e. The van der Waals surface area contributed by atoms with Gasteiger partial charge in [-0.25, -0.2) is 4.39 Å². The average Bonchev–Trinajstić information content (AvgIpc) is 2.90. The maximum absolute atomic E-state index is 13.2. The van der Waals surface area contributed by atoms with Crippen LogP contribution >= 0.6 is 0 Å². The molecule has 0 heterocycles. The number of Topliss-reactive ketones (excluding diaryl/α,β-unsaturated/α-hetero) is 1. The van der Waals surface area contributed by atoms with Gasteiger partial charge in [0.05, 0.1) is 0 Å². The topological polar surface area (TPSA) is 54.4 Å². The lowest BCUT2D eigenvalue weighted by molar-refractivity contribution is -0.137. The third kappa shape index (κ3) is 6.11.